The Kier molecular flexibility index (Phi) is 9.23. The monoisotopic (exact) mass is 461 g/mol. The number of nitrogen functional groups attached to an aromatic ring is 1. The largest absolute Gasteiger partial charge is 0.383 e. The van der Waals surface area contributed by atoms with E-state index in [9.17, 15) is 9.59 Å². The third-order valence-corrected chi connectivity index (χ3v) is 6.07. The van der Waals surface area contributed by atoms with Gasteiger partial charge in [-0.1, -0.05) is 31.2 Å². The zero-order valence-corrected chi connectivity index (χ0v) is 18.2. The van der Waals surface area contributed by atoms with E-state index in [2.05, 4.69) is 20.9 Å². The molecule has 5 N–H and O–H groups in total. The van der Waals surface area contributed by atoms with Crippen molar-refractivity contribution < 1.29 is 9.59 Å². The Morgan fingerprint density at radius 3 is 2.71 bits per heavy atom. The fourth-order valence-electron chi connectivity index (χ4n) is 2.95. The molecule has 1 aromatic carbocycles. The van der Waals surface area contributed by atoms with Crippen LogP contribution in [-0.4, -0.2) is 29.9 Å². The number of hydrogen-bond donors (Lipinski definition) is 4. The van der Waals surface area contributed by atoms with E-state index in [0.29, 0.717) is 35.4 Å². The van der Waals surface area contributed by atoms with Crippen molar-refractivity contribution in [2.24, 2.45) is 0 Å². The Bertz CT molecular complexity index is 1050. The number of benzene rings is 1. The van der Waals surface area contributed by atoms with Crippen LogP contribution in [-0.2, 0) is 17.9 Å². The Hall–Kier alpha value is -2.68. The van der Waals surface area contributed by atoms with Crippen molar-refractivity contribution in [1.82, 2.24) is 20.9 Å². The predicted molar refractivity (Wildman–Crippen MR) is 128 cm³/mol. The maximum Gasteiger partial charge on any atom is 0.261 e. The fourth-order valence-corrected chi connectivity index (χ4v) is 4.24. The minimum Gasteiger partial charge on any atom is -0.383 e. The average Bonchev–Trinajstić information content (AvgIpc) is 3.09. The SMILES string of the molecule is C.CC(=O)NCCCNCc1sc(C(=O)NCc2ccc3c(N)nccc3c2)cc1Cl. The quantitative estimate of drug-likeness (QED) is 0.363. The van der Waals surface area contributed by atoms with Crippen LogP contribution in [0.1, 0.15) is 40.9 Å². The van der Waals surface area contributed by atoms with E-state index in [1.165, 1.54) is 18.3 Å². The molecule has 0 radical (unpaired) electrons. The number of aromatic nitrogens is 1. The molecule has 2 aromatic heterocycles. The summed E-state index contributed by atoms with van der Waals surface area (Å²) in [5.74, 6) is 0.303. The van der Waals surface area contributed by atoms with Gasteiger partial charge < -0.3 is 21.7 Å². The maximum atomic E-state index is 12.5. The third kappa shape index (κ3) is 6.92. The number of nitrogens with one attached hydrogen (secondary N) is 3. The van der Waals surface area contributed by atoms with E-state index in [-0.39, 0.29) is 19.2 Å². The molecular formula is C22H28ClN5O2S. The summed E-state index contributed by atoms with van der Waals surface area (Å²) >= 11 is 7.66. The van der Waals surface area contributed by atoms with Crippen molar-refractivity contribution in [2.45, 2.75) is 33.9 Å². The first-order valence-corrected chi connectivity index (χ1v) is 10.8. The van der Waals surface area contributed by atoms with Crippen molar-refractivity contribution in [3.63, 3.8) is 0 Å². The molecule has 31 heavy (non-hydrogen) atoms. The smallest absolute Gasteiger partial charge is 0.261 e. The second-order valence-electron chi connectivity index (χ2n) is 6.83. The highest BCUT2D eigenvalue weighted by Crippen LogP contribution is 2.27. The summed E-state index contributed by atoms with van der Waals surface area (Å²) in [6.45, 7) is 3.86. The van der Waals surface area contributed by atoms with Gasteiger partial charge >= 0.3 is 0 Å². The molecule has 7 nitrogen and oxygen atoms in total. The highest BCUT2D eigenvalue weighted by Gasteiger charge is 2.13. The molecule has 0 atom stereocenters. The van der Waals surface area contributed by atoms with Crippen LogP contribution in [0.3, 0.4) is 0 Å². The lowest BCUT2D eigenvalue weighted by atomic mass is 10.1. The number of halogens is 1. The van der Waals surface area contributed by atoms with Gasteiger partial charge in [-0.05, 0) is 42.1 Å². The summed E-state index contributed by atoms with van der Waals surface area (Å²) in [5.41, 5.74) is 6.85. The molecule has 0 spiro atoms. The summed E-state index contributed by atoms with van der Waals surface area (Å²) in [7, 11) is 0. The molecule has 0 aliphatic rings. The number of rotatable bonds is 9. The van der Waals surface area contributed by atoms with Gasteiger partial charge in [-0.2, -0.15) is 0 Å². The van der Waals surface area contributed by atoms with E-state index in [0.717, 1.165) is 34.2 Å². The number of carbonyl (C=O) groups is 2. The molecule has 2 amide bonds. The van der Waals surface area contributed by atoms with Crippen molar-refractivity contribution >= 4 is 51.3 Å². The van der Waals surface area contributed by atoms with Crippen LogP contribution in [0.4, 0.5) is 5.82 Å². The summed E-state index contributed by atoms with van der Waals surface area (Å²) < 4.78 is 0. The lowest BCUT2D eigenvalue weighted by molar-refractivity contribution is -0.118. The summed E-state index contributed by atoms with van der Waals surface area (Å²) in [6.07, 6.45) is 2.49. The molecule has 0 saturated heterocycles. The topological polar surface area (TPSA) is 109 Å². The van der Waals surface area contributed by atoms with E-state index in [4.69, 9.17) is 17.3 Å². The van der Waals surface area contributed by atoms with Gasteiger partial charge in [0, 0.05) is 43.0 Å². The van der Waals surface area contributed by atoms with Crippen LogP contribution in [0, 0.1) is 0 Å². The highest BCUT2D eigenvalue weighted by molar-refractivity contribution is 7.14. The summed E-state index contributed by atoms with van der Waals surface area (Å²) in [6, 6.07) is 9.43. The fraction of sp³-hybridized carbons (Fsp3) is 0.318. The van der Waals surface area contributed by atoms with Gasteiger partial charge in [0.15, 0.2) is 0 Å². The number of fused-ring (bicyclic) bond motifs is 1. The van der Waals surface area contributed by atoms with Gasteiger partial charge in [-0.3, -0.25) is 9.59 Å². The van der Waals surface area contributed by atoms with Gasteiger partial charge in [0.25, 0.3) is 5.91 Å². The minimum absolute atomic E-state index is 0. The van der Waals surface area contributed by atoms with Gasteiger partial charge in [-0.15, -0.1) is 11.3 Å². The molecule has 166 valence electrons. The second-order valence-corrected chi connectivity index (χ2v) is 8.37. The van der Waals surface area contributed by atoms with Crippen LogP contribution in [0.2, 0.25) is 5.02 Å². The predicted octanol–water partition coefficient (Wildman–Crippen LogP) is 3.71. The van der Waals surface area contributed by atoms with Gasteiger partial charge in [-0.25, -0.2) is 4.98 Å². The Labute approximate surface area is 191 Å². The lowest BCUT2D eigenvalue weighted by Crippen LogP contribution is -2.24. The molecule has 0 aliphatic heterocycles. The molecular weight excluding hydrogens is 434 g/mol. The first kappa shape index (κ1) is 24.6. The molecule has 0 fully saturated rings. The molecule has 0 saturated carbocycles. The van der Waals surface area contributed by atoms with Crippen LogP contribution < -0.4 is 21.7 Å². The number of anilines is 1. The molecule has 3 aromatic rings. The number of carbonyl (C=O) groups excluding carboxylic acids is 2. The van der Waals surface area contributed by atoms with E-state index in [1.54, 1.807) is 12.3 Å². The number of hydrogen-bond acceptors (Lipinski definition) is 6. The zero-order valence-electron chi connectivity index (χ0n) is 16.6. The standard InChI is InChI=1S/C21H24ClN5O2S.CH4/c1-13(28)25-7-2-6-24-12-19-17(22)10-18(30-19)21(29)27-11-14-3-4-16-15(9-14)5-8-26-20(16)23;/h3-5,8-10,24H,2,6-7,11-12H2,1H3,(H2,23,26)(H,25,28)(H,27,29);1H4. The van der Waals surface area contributed by atoms with Crippen molar-refractivity contribution in [2.75, 3.05) is 18.8 Å². The normalized spacial score (nSPS) is 10.5. The Morgan fingerprint density at radius 1 is 1.13 bits per heavy atom. The van der Waals surface area contributed by atoms with Gasteiger partial charge in [0.05, 0.1) is 9.90 Å². The first-order chi connectivity index (χ1) is 14.4. The van der Waals surface area contributed by atoms with Gasteiger partial charge in [0.2, 0.25) is 5.91 Å². The Balaban J connectivity index is 0.00000341. The highest BCUT2D eigenvalue weighted by atomic mass is 35.5. The van der Waals surface area contributed by atoms with E-state index < -0.39 is 0 Å². The van der Waals surface area contributed by atoms with E-state index in [1.807, 2.05) is 24.3 Å². The van der Waals surface area contributed by atoms with Crippen LogP contribution >= 0.6 is 22.9 Å². The van der Waals surface area contributed by atoms with E-state index >= 15 is 0 Å². The molecule has 3 rings (SSSR count). The van der Waals surface area contributed by atoms with Crippen molar-refractivity contribution in [1.29, 1.82) is 0 Å². The minimum atomic E-state index is -0.159. The molecule has 0 aliphatic carbocycles. The van der Waals surface area contributed by atoms with Crippen LogP contribution in [0.5, 0.6) is 0 Å². The van der Waals surface area contributed by atoms with Crippen LogP contribution in [0.15, 0.2) is 36.5 Å². The van der Waals surface area contributed by atoms with Crippen molar-refractivity contribution in [3.8, 4) is 0 Å². The molecule has 0 bridgehead atoms. The van der Waals surface area contributed by atoms with Crippen LogP contribution in [0.25, 0.3) is 10.8 Å². The molecule has 2 heterocycles. The number of pyridine rings is 1. The lowest BCUT2D eigenvalue weighted by Gasteiger charge is -2.06. The zero-order chi connectivity index (χ0) is 21.5. The Morgan fingerprint density at radius 2 is 1.94 bits per heavy atom. The number of nitrogens with two attached hydrogens (primary N) is 1. The number of nitrogens with zero attached hydrogens (tertiary/aromatic N) is 1. The molecule has 9 heteroatoms. The van der Waals surface area contributed by atoms with Gasteiger partial charge in [0.1, 0.15) is 5.82 Å². The summed E-state index contributed by atoms with van der Waals surface area (Å²) in [4.78, 5) is 28.9. The average molecular weight is 462 g/mol. The number of amides is 2. The first-order valence-electron chi connectivity index (χ1n) is 9.58. The second kappa shape index (κ2) is 11.6. The summed E-state index contributed by atoms with van der Waals surface area (Å²) in [5, 5.41) is 11.4. The third-order valence-electron chi connectivity index (χ3n) is 4.48. The maximum absolute atomic E-state index is 12.5. The molecule has 0 unspecified atom stereocenters. The van der Waals surface area contributed by atoms with Crippen molar-refractivity contribution in [3.05, 3.63) is 56.9 Å². The number of thiophene rings is 1.